The van der Waals surface area contributed by atoms with E-state index in [0.29, 0.717) is 0 Å². The normalized spacial score (nSPS) is 14.2. The van der Waals surface area contributed by atoms with E-state index in [1.165, 1.54) is 0 Å². The second-order valence-corrected chi connectivity index (χ2v) is 2.85. The molecule has 1 aromatic rings. The first-order valence-electron chi connectivity index (χ1n) is 3.24. The molecule has 1 aromatic heterocycles. The monoisotopic (exact) mass is 155 g/mol. The SMILES string of the molecule is CC(Cl)/C=C/c1ccc[nH]1. The van der Waals surface area contributed by atoms with Gasteiger partial charge in [0.15, 0.2) is 0 Å². The van der Waals surface area contributed by atoms with Gasteiger partial charge >= 0.3 is 0 Å². The first-order chi connectivity index (χ1) is 4.79. The summed E-state index contributed by atoms with van der Waals surface area (Å²) in [5.41, 5.74) is 1.09. The van der Waals surface area contributed by atoms with E-state index >= 15 is 0 Å². The number of alkyl halides is 1. The lowest BCUT2D eigenvalue weighted by Gasteiger charge is -1.88. The van der Waals surface area contributed by atoms with Crippen LogP contribution < -0.4 is 0 Å². The highest BCUT2D eigenvalue weighted by Crippen LogP contribution is 2.01. The van der Waals surface area contributed by atoms with Crippen LogP contribution in [0, 0.1) is 0 Å². The summed E-state index contributed by atoms with van der Waals surface area (Å²) in [7, 11) is 0. The minimum Gasteiger partial charge on any atom is -0.362 e. The Morgan fingerprint density at radius 3 is 3.00 bits per heavy atom. The smallest absolute Gasteiger partial charge is 0.0491 e. The van der Waals surface area contributed by atoms with Gasteiger partial charge < -0.3 is 4.98 Å². The number of aromatic amines is 1. The van der Waals surface area contributed by atoms with Crippen LogP contribution in [-0.4, -0.2) is 10.4 Å². The number of rotatable bonds is 2. The Bertz CT molecular complexity index is 199. The van der Waals surface area contributed by atoms with E-state index in [4.69, 9.17) is 11.6 Å². The summed E-state index contributed by atoms with van der Waals surface area (Å²) in [6.45, 7) is 1.93. The second-order valence-electron chi connectivity index (χ2n) is 2.16. The van der Waals surface area contributed by atoms with Gasteiger partial charge in [0.05, 0.1) is 0 Å². The Morgan fingerprint density at radius 1 is 1.70 bits per heavy atom. The van der Waals surface area contributed by atoms with Crippen molar-refractivity contribution in [2.75, 3.05) is 0 Å². The van der Waals surface area contributed by atoms with Crippen molar-refractivity contribution in [3.63, 3.8) is 0 Å². The van der Waals surface area contributed by atoms with Gasteiger partial charge in [-0.25, -0.2) is 0 Å². The Hall–Kier alpha value is -0.690. The predicted octanol–water partition coefficient (Wildman–Crippen LogP) is 2.66. The average Bonchev–Trinajstić information content (AvgIpc) is 2.34. The third-order valence-corrected chi connectivity index (χ3v) is 1.31. The molecule has 0 aromatic carbocycles. The van der Waals surface area contributed by atoms with Gasteiger partial charge in [-0.05, 0) is 25.1 Å². The van der Waals surface area contributed by atoms with Crippen LogP contribution in [0.2, 0.25) is 0 Å². The number of aromatic nitrogens is 1. The number of halogens is 1. The molecule has 1 N–H and O–H groups in total. The molecule has 0 aliphatic rings. The van der Waals surface area contributed by atoms with E-state index in [1.807, 2.05) is 37.4 Å². The zero-order chi connectivity index (χ0) is 7.40. The fourth-order valence-corrected chi connectivity index (χ4v) is 0.757. The van der Waals surface area contributed by atoms with Gasteiger partial charge in [0.1, 0.15) is 0 Å². The van der Waals surface area contributed by atoms with E-state index in [1.54, 1.807) is 0 Å². The van der Waals surface area contributed by atoms with Crippen LogP contribution in [0.1, 0.15) is 12.6 Å². The summed E-state index contributed by atoms with van der Waals surface area (Å²) in [4.78, 5) is 3.05. The zero-order valence-electron chi connectivity index (χ0n) is 5.84. The highest BCUT2D eigenvalue weighted by atomic mass is 35.5. The molecule has 10 heavy (non-hydrogen) atoms. The maximum atomic E-state index is 5.69. The molecular formula is C8H10ClN. The summed E-state index contributed by atoms with van der Waals surface area (Å²) in [5, 5.41) is 0.100. The highest BCUT2D eigenvalue weighted by Gasteiger charge is 1.87. The van der Waals surface area contributed by atoms with Crippen LogP contribution in [-0.2, 0) is 0 Å². The average molecular weight is 156 g/mol. The molecule has 1 heterocycles. The number of hydrogen-bond acceptors (Lipinski definition) is 0. The molecule has 1 rings (SSSR count). The van der Waals surface area contributed by atoms with Crippen LogP contribution in [0.5, 0.6) is 0 Å². The number of hydrogen-bond donors (Lipinski definition) is 1. The van der Waals surface area contributed by atoms with Crippen molar-refractivity contribution in [1.82, 2.24) is 4.98 Å². The van der Waals surface area contributed by atoms with Crippen molar-refractivity contribution >= 4 is 17.7 Å². The molecule has 0 spiro atoms. The molecule has 0 aliphatic heterocycles. The van der Waals surface area contributed by atoms with E-state index in [2.05, 4.69) is 4.98 Å². The van der Waals surface area contributed by atoms with Crippen LogP contribution in [0.4, 0.5) is 0 Å². The lowest BCUT2D eigenvalue weighted by molar-refractivity contribution is 1.23. The van der Waals surface area contributed by atoms with Crippen LogP contribution in [0.15, 0.2) is 24.4 Å². The van der Waals surface area contributed by atoms with Gasteiger partial charge in [0, 0.05) is 17.3 Å². The van der Waals surface area contributed by atoms with Crippen molar-refractivity contribution < 1.29 is 0 Å². The van der Waals surface area contributed by atoms with Gasteiger partial charge in [0.25, 0.3) is 0 Å². The molecule has 0 saturated heterocycles. The van der Waals surface area contributed by atoms with Gasteiger partial charge in [-0.15, -0.1) is 11.6 Å². The predicted molar refractivity (Wildman–Crippen MR) is 45.1 cm³/mol. The zero-order valence-corrected chi connectivity index (χ0v) is 6.60. The summed E-state index contributed by atoms with van der Waals surface area (Å²) in [6, 6.07) is 3.95. The van der Waals surface area contributed by atoms with Gasteiger partial charge in [-0.3, -0.25) is 0 Å². The molecule has 0 bridgehead atoms. The molecule has 0 saturated carbocycles. The topological polar surface area (TPSA) is 15.8 Å². The summed E-state index contributed by atoms with van der Waals surface area (Å²) < 4.78 is 0. The molecule has 0 aliphatic carbocycles. The molecule has 2 heteroatoms. The molecule has 0 fully saturated rings. The van der Waals surface area contributed by atoms with Crippen LogP contribution in [0.25, 0.3) is 6.08 Å². The first kappa shape index (κ1) is 7.42. The summed E-state index contributed by atoms with van der Waals surface area (Å²) in [5.74, 6) is 0. The number of H-pyrrole nitrogens is 1. The molecule has 0 amide bonds. The molecule has 1 unspecified atom stereocenters. The van der Waals surface area contributed by atoms with Crippen molar-refractivity contribution in [3.05, 3.63) is 30.1 Å². The van der Waals surface area contributed by atoms with Crippen molar-refractivity contribution in [1.29, 1.82) is 0 Å². The van der Waals surface area contributed by atoms with E-state index < -0.39 is 0 Å². The van der Waals surface area contributed by atoms with Gasteiger partial charge in [-0.1, -0.05) is 6.08 Å². The lowest BCUT2D eigenvalue weighted by atomic mass is 10.3. The van der Waals surface area contributed by atoms with Gasteiger partial charge in [-0.2, -0.15) is 0 Å². The van der Waals surface area contributed by atoms with Crippen LogP contribution in [0.3, 0.4) is 0 Å². The third-order valence-electron chi connectivity index (χ3n) is 1.16. The fraction of sp³-hybridized carbons (Fsp3) is 0.250. The lowest BCUT2D eigenvalue weighted by Crippen LogP contribution is -1.80. The molecular weight excluding hydrogens is 146 g/mol. The number of nitrogens with one attached hydrogen (secondary N) is 1. The number of allylic oxidation sites excluding steroid dienone is 1. The van der Waals surface area contributed by atoms with Crippen LogP contribution >= 0.6 is 11.6 Å². The molecule has 54 valence electrons. The second kappa shape index (κ2) is 3.47. The molecule has 0 radical (unpaired) electrons. The van der Waals surface area contributed by atoms with Gasteiger partial charge in [0.2, 0.25) is 0 Å². The third kappa shape index (κ3) is 2.28. The summed E-state index contributed by atoms with van der Waals surface area (Å²) in [6.07, 6.45) is 5.80. The van der Waals surface area contributed by atoms with E-state index in [-0.39, 0.29) is 5.38 Å². The Morgan fingerprint density at radius 2 is 2.50 bits per heavy atom. The Kier molecular flexibility index (Phi) is 2.57. The largest absolute Gasteiger partial charge is 0.362 e. The maximum Gasteiger partial charge on any atom is 0.0491 e. The van der Waals surface area contributed by atoms with Crippen molar-refractivity contribution in [2.45, 2.75) is 12.3 Å². The maximum absolute atomic E-state index is 5.69. The van der Waals surface area contributed by atoms with Crippen molar-refractivity contribution in [2.24, 2.45) is 0 Å². The summed E-state index contributed by atoms with van der Waals surface area (Å²) >= 11 is 5.69. The minimum atomic E-state index is 0.100. The minimum absolute atomic E-state index is 0.100. The first-order valence-corrected chi connectivity index (χ1v) is 3.68. The fourth-order valence-electron chi connectivity index (χ4n) is 0.684. The molecule has 1 nitrogen and oxygen atoms in total. The van der Waals surface area contributed by atoms with E-state index in [9.17, 15) is 0 Å². The van der Waals surface area contributed by atoms with Crippen molar-refractivity contribution in [3.8, 4) is 0 Å². The highest BCUT2D eigenvalue weighted by molar-refractivity contribution is 6.21. The Balaban J connectivity index is 2.55. The quantitative estimate of drug-likeness (QED) is 0.632. The molecule has 1 atom stereocenters. The Labute approximate surface area is 65.7 Å². The standard InChI is InChI=1S/C8H10ClN/c1-7(9)4-5-8-3-2-6-10-8/h2-7,10H,1H3/b5-4+. The van der Waals surface area contributed by atoms with E-state index in [0.717, 1.165) is 5.69 Å².